The highest BCUT2D eigenvalue weighted by atomic mass is 16.5. The SMILES string of the molecule is C=CCc1cc(C(=O)NCc2cccnc2OC(C)C)cc(OC)c1OC. The molecule has 0 saturated heterocycles. The Balaban J connectivity index is 2.21. The molecule has 1 aromatic heterocycles. The first-order valence-corrected chi connectivity index (χ1v) is 8.74. The van der Waals surface area contributed by atoms with Gasteiger partial charge in [0.2, 0.25) is 5.88 Å². The van der Waals surface area contributed by atoms with Crippen molar-refractivity contribution in [2.24, 2.45) is 0 Å². The van der Waals surface area contributed by atoms with Gasteiger partial charge in [-0.05, 0) is 38.5 Å². The predicted molar refractivity (Wildman–Crippen MR) is 105 cm³/mol. The molecule has 1 amide bonds. The summed E-state index contributed by atoms with van der Waals surface area (Å²) in [6.07, 6.45) is 3.99. The fourth-order valence-corrected chi connectivity index (χ4v) is 2.65. The Bertz CT molecular complexity index is 803. The van der Waals surface area contributed by atoms with Gasteiger partial charge in [0.1, 0.15) is 0 Å². The lowest BCUT2D eigenvalue weighted by Crippen LogP contribution is -2.24. The normalized spacial score (nSPS) is 10.4. The van der Waals surface area contributed by atoms with Crippen LogP contribution in [0.2, 0.25) is 0 Å². The average Bonchev–Trinajstić information content (AvgIpc) is 2.66. The van der Waals surface area contributed by atoms with Crippen molar-refractivity contribution in [2.45, 2.75) is 32.9 Å². The van der Waals surface area contributed by atoms with Gasteiger partial charge < -0.3 is 19.5 Å². The van der Waals surface area contributed by atoms with E-state index in [0.717, 1.165) is 11.1 Å². The lowest BCUT2D eigenvalue weighted by Gasteiger charge is -2.15. The monoisotopic (exact) mass is 370 g/mol. The van der Waals surface area contributed by atoms with E-state index in [0.29, 0.717) is 35.9 Å². The van der Waals surface area contributed by atoms with E-state index in [9.17, 15) is 4.79 Å². The summed E-state index contributed by atoms with van der Waals surface area (Å²) < 4.78 is 16.5. The molecule has 6 heteroatoms. The fraction of sp³-hybridized carbons (Fsp3) is 0.333. The number of pyridine rings is 1. The second kappa shape index (κ2) is 9.62. The van der Waals surface area contributed by atoms with Crippen LogP contribution in [-0.4, -0.2) is 31.2 Å². The molecule has 0 aliphatic heterocycles. The summed E-state index contributed by atoms with van der Waals surface area (Å²) in [5, 5.41) is 2.91. The maximum Gasteiger partial charge on any atom is 0.251 e. The van der Waals surface area contributed by atoms with Crippen LogP contribution in [0.15, 0.2) is 43.1 Å². The minimum atomic E-state index is -0.222. The van der Waals surface area contributed by atoms with Crippen molar-refractivity contribution in [2.75, 3.05) is 14.2 Å². The third-order valence-electron chi connectivity index (χ3n) is 3.82. The van der Waals surface area contributed by atoms with E-state index in [1.54, 1.807) is 38.6 Å². The molecule has 0 aliphatic rings. The van der Waals surface area contributed by atoms with E-state index < -0.39 is 0 Å². The molecule has 2 rings (SSSR count). The number of carbonyl (C=O) groups excluding carboxylic acids is 1. The van der Waals surface area contributed by atoms with Gasteiger partial charge in [-0.25, -0.2) is 4.98 Å². The van der Waals surface area contributed by atoms with Gasteiger partial charge in [-0.3, -0.25) is 4.79 Å². The summed E-state index contributed by atoms with van der Waals surface area (Å²) in [4.78, 5) is 16.9. The van der Waals surface area contributed by atoms with Crippen LogP contribution in [-0.2, 0) is 13.0 Å². The number of ether oxygens (including phenoxy) is 3. The number of benzene rings is 1. The number of aromatic nitrogens is 1. The number of rotatable bonds is 9. The molecule has 0 bridgehead atoms. The minimum Gasteiger partial charge on any atom is -0.493 e. The van der Waals surface area contributed by atoms with Gasteiger partial charge >= 0.3 is 0 Å². The van der Waals surface area contributed by atoms with E-state index in [-0.39, 0.29) is 12.0 Å². The highest BCUT2D eigenvalue weighted by molar-refractivity contribution is 5.95. The molecular formula is C21H26N2O4. The number of methoxy groups -OCH3 is 2. The molecule has 1 heterocycles. The molecule has 1 aromatic carbocycles. The Labute approximate surface area is 160 Å². The molecule has 144 valence electrons. The zero-order valence-corrected chi connectivity index (χ0v) is 16.2. The number of hydrogen-bond acceptors (Lipinski definition) is 5. The Morgan fingerprint density at radius 2 is 2.04 bits per heavy atom. The van der Waals surface area contributed by atoms with E-state index >= 15 is 0 Å². The largest absolute Gasteiger partial charge is 0.493 e. The number of hydrogen-bond donors (Lipinski definition) is 1. The maximum atomic E-state index is 12.7. The topological polar surface area (TPSA) is 69.7 Å². The zero-order valence-electron chi connectivity index (χ0n) is 16.2. The van der Waals surface area contributed by atoms with Gasteiger partial charge in [0, 0.05) is 29.4 Å². The molecule has 0 spiro atoms. The summed E-state index contributed by atoms with van der Waals surface area (Å²) >= 11 is 0. The molecule has 27 heavy (non-hydrogen) atoms. The van der Waals surface area contributed by atoms with E-state index in [1.807, 2.05) is 26.0 Å². The van der Waals surface area contributed by atoms with Crippen LogP contribution < -0.4 is 19.5 Å². The standard InChI is InChI=1S/C21H26N2O4/c1-6-8-15-11-17(12-18(25-4)19(15)26-5)20(24)23-13-16-9-7-10-22-21(16)27-14(2)3/h6-7,9-12,14H,1,8,13H2,2-5H3,(H,23,24). The molecule has 0 radical (unpaired) electrons. The van der Waals surface area contributed by atoms with E-state index in [2.05, 4.69) is 16.9 Å². The third kappa shape index (κ3) is 5.23. The smallest absolute Gasteiger partial charge is 0.251 e. The summed E-state index contributed by atoms with van der Waals surface area (Å²) in [6, 6.07) is 7.14. The van der Waals surface area contributed by atoms with Crippen molar-refractivity contribution in [1.82, 2.24) is 10.3 Å². The van der Waals surface area contributed by atoms with Crippen LogP contribution in [0.5, 0.6) is 17.4 Å². The third-order valence-corrected chi connectivity index (χ3v) is 3.82. The zero-order chi connectivity index (χ0) is 19.8. The van der Waals surface area contributed by atoms with Crippen LogP contribution in [0.25, 0.3) is 0 Å². The second-order valence-corrected chi connectivity index (χ2v) is 6.18. The predicted octanol–water partition coefficient (Wildman–Crippen LogP) is 3.54. The highest BCUT2D eigenvalue weighted by Crippen LogP contribution is 2.33. The van der Waals surface area contributed by atoms with Gasteiger partial charge in [-0.15, -0.1) is 6.58 Å². The lowest BCUT2D eigenvalue weighted by molar-refractivity contribution is 0.0950. The molecule has 6 nitrogen and oxygen atoms in total. The first kappa shape index (κ1) is 20.3. The van der Waals surface area contributed by atoms with Gasteiger partial charge in [-0.1, -0.05) is 12.1 Å². The van der Waals surface area contributed by atoms with Gasteiger partial charge in [-0.2, -0.15) is 0 Å². The van der Waals surface area contributed by atoms with E-state index in [4.69, 9.17) is 14.2 Å². The molecule has 0 atom stereocenters. The van der Waals surface area contributed by atoms with Crippen LogP contribution in [0, 0.1) is 0 Å². The summed E-state index contributed by atoms with van der Waals surface area (Å²) in [6.45, 7) is 7.92. The number of nitrogens with zero attached hydrogens (tertiary/aromatic N) is 1. The quantitative estimate of drug-likeness (QED) is 0.684. The molecular weight excluding hydrogens is 344 g/mol. The summed E-state index contributed by atoms with van der Waals surface area (Å²) in [5.41, 5.74) is 2.13. The Kier molecular flexibility index (Phi) is 7.23. The number of carbonyl (C=O) groups is 1. The Hall–Kier alpha value is -3.02. The lowest BCUT2D eigenvalue weighted by atomic mass is 10.0. The van der Waals surface area contributed by atoms with Crippen LogP contribution >= 0.6 is 0 Å². The van der Waals surface area contributed by atoms with Crippen LogP contribution in [0.1, 0.15) is 35.3 Å². The molecule has 0 aliphatic carbocycles. The van der Waals surface area contributed by atoms with Crippen molar-refractivity contribution < 1.29 is 19.0 Å². The van der Waals surface area contributed by atoms with Crippen LogP contribution in [0.3, 0.4) is 0 Å². The number of allylic oxidation sites excluding steroid dienone is 1. The maximum absolute atomic E-state index is 12.7. The second-order valence-electron chi connectivity index (χ2n) is 6.18. The first-order chi connectivity index (χ1) is 13.0. The fourth-order valence-electron chi connectivity index (χ4n) is 2.65. The van der Waals surface area contributed by atoms with Crippen LogP contribution in [0.4, 0.5) is 0 Å². The van der Waals surface area contributed by atoms with Crippen molar-refractivity contribution in [3.63, 3.8) is 0 Å². The van der Waals surface area contributed by atoms with Crippen molar-refractivity contribution in [3.8, 4) is 17.4 Å². The Morgan fingerprint density at radius 3 is 2.67 bits per heavy atom. The molecule has 1 N–H and O–H groups in total. The van der Waals surface area contributed by atoms with Gasteiger partial charge in [0.15, 0.2) is 11.5 Å². The first-order valence-electron chi connectivity index (χ1n) is 8.74. The summed E-state index contributed by atoms with van der Waals surface area (Å²) in [5.74, 6) is 1.41. The molecule has 0 saturated carbocycles. The number of amides is 1. The summed E-state index contributed by atoms with van der Waals surface area (Å²) in [7, 11) is 3.12. The Morgan fingerprint density at radius 1 is 1.26 bits per heavy atom. The number of nitrogens with one attached hydrogen (secondary N) is 1. The average molecular weight is 370 g/mol. The van der Waals surface area contributed by atoms with Gasteiger partial charge in [0.05, 0.1) is 20.3 Å². The van der Waals surface area contributed by atoms with Crippen molar-refractivity contribution in [3.05, 3.63) is 59.8 Å². The van der Waals surface area contributed by atoms with Crippen molar-refractivity contribution in [1.29, 1.82) is 0 Å². The van der Waals surface area contributed by atoms with Gasteiger partial charge in [0.25, 0.3) is 5.91 Å². The molecule has 2 aromatic rings. The molecule has 0 fully saturated rings. The highest BCUT2D eigenvalue weighted by Gasteiger charge is 2.16. The van der Waals surface area contributed by atoms with E-state index in [1.165, 1.54) is 0 Å². The minimum absolute atomic E-state index is 0.00154. The van der Waals surface area contributed by atoms with Crippen molar-refractivity contribution >= 4 is 5.91 Å². The molecule has 0 unspecified atom stereocenters.